The van der Waals surface area contributed by atoms with E-state index < -0.39 is 0 Å². The van der Waals surface area contributed by atoms with E-state index in [0.29, 0.717) is 17.4 Å². The number of fused-ring (bicyclic) bond motifs is 1. The highest BCUT2D eigenvalue weighted by Gasteiger charge is 2.06. The van der Waals surface area contributed by atoms with Gasteiger partial charge >= 0.3 is 5.69 Å². The van der Waals surface area contributed by atoms with Gasteiger partial charge in [0.05, 0.1) is 0 Å². The third-order valence-corrected chi connectivity index (χ3v) is 3.53. The second kappa shape index (κ2) is 5.78. The van der Waals surface area contributed by atoms with Crippen molar-refractivity contribution in [1.29, 1.82) is 0 Å². The van der Waals surface area contributed by atoms with Crippen LogP contribution in [0.15, 0.2) is 47.3 Å². The number of aromatic nitrogens is 4. The minimum atomic E-state index is -0.327. The summed E-state index contributed by atoms with van der Waals surface area (Å²) in [5, 5.41) is 13.7. The fourth-order valence-corrected chi connectivity index (χ4v) is 2.26. The zero-order valence-electron chi connectivity index (χ0n) is 11.8. The SMILES string of the molecule is CC(CCNc1ccc2n[nH]c(=O)n2n1)c1ccccc1. The lowest BCUT2D eigenvalue weighted by atomic mass is 9.98. The first-order chi connectivity index (χ1) is 10.2. The Labute approximate surface area is 121 Å². The smallest absolute Gasteiger partial charge is 0.364 e. The summed E-state index contributed by atoms with van der Waals surface area (Å²) in [4.78, 5) is 11.5. The summed E-state index contributed by atoms with van der Waals surface area (Å²) in [6.45, 7) is 3.00. The fourth-order valence-electron chi connectivity index (χ4n) is 2.26. The van der Waals surface area contributed by atoms with Gasteiger partial charge in [0, 0.05) is 6.54 Å². The van der Waals surface area contributed by atoms with Gasteiger partial charge in [-0.3, -0.25) is 0 Å². The van der Waals surface area contributed by atoms with Gasteiger partial charge in [0.25, 0.3) is 0 Å². The van der Waals surface area contributed by atoms with E-state index in [1.165, 1.54) is 10.1 Å². The van der Waals surface area contributed by atoms with Gasteiger partial charge in [-0.1, -0.05) is 37.3 Å². The lowest BCUT2D eigenvalue weighted by Crippen LogP contribution is -2.14. The largest absolute Gasteiger partial charge is 0.369 e. The third kappa shape index (κ3) is 2.94. The van der Waals surface area contributed by atoms with Crippen molar-refractivity contribution in [2.75, 3.05) is 11.9 Å². The quantitative estimate of drug-likeness (QED) is 0.751. The summed E-state index contributed by atoms with van der Waals surface area (Å²) in [6, 6.07) is 14.0. The summed E-state index contributed by atoms with van der Waals surface area (Å²) in [5.41, 5.74) is 1.52. The molecule has 1 unspecified atom stereocenters. The first-order valence-electron chi connectivity index (χ1n) is 6.97. The van der Waals surface area contributed by atoms with Crippen LogP contribution in [0.2, 0.25) is 0 Å². The molecule has 3 rings (SSSR count). The van der Waals surface area contributed by atoms with Gasteiger partial charge in [0.2, 0.25) is 0 Å². The van der Waals surface area contributed by atoms with Crippen LogP contribution in [0.3, 0.4) is 0 Å². The molecule has 0 aliphatic rings. The average molecular weight is 283 g/mol. The number of benzene rings is 1. The van der Waals surface area contributed by atoms with E-state index in [0.717, 1.165) is 13.0 Å². The molecule has 0 bridgehead atoms. The molecule has 0 amide bonds. The van der Waals surface area contributed by atoms with Crippen LogP contribution in [0.5, 0.6) is 0 Å². The lowest BCUT2D eigenvalue weighted by Gasteiger charge is -2.12. The van der Waals surface area contributed by atoms with Gasteiger partial charge in [-0.25, -0.2) is 9.89 Å². The second-order valence-corrected chi connectivity index (χ2v) is 5.04. The maximum atomic E-state index is 11.5. The number of hydrogen-bond donors (Lipinski definition) is 2. The molecule has 0 spiro atoms. The molecule has 0 fully saturated rings. The molecule has 1 aromatic carbocycles. The predicted octanol–water partition coefficient (Wildman–Crippen LogP) is 2.02. The van der Waals surface area contributed by atoms with Crippen molar-refractivity contribution in [2.45, 2.75) is 19.3 Å². The topological polar surface area (TPSA) is 75.1 Å². The van der Waals surface area contributed by atoms with Gasteiger partial charge in [0.1, 0.15) is 5.82 Å². The number of rotatable bonds is 5. The van der Waals surface area contributed by atoms with Crippen molar-refractivity contribution in [1.82, 2.24) is 19.8 Å². The van der Waals surface area contributed by atoms with Crippen LogP contribution < -0.4 is 11.0 Å². The monoisotopic (exact) mass is 283 g/mol. The molecule has 0 radical (unpaired) electrons. The molecule has 108 valence electrons. The fraction of sp³-hybridized carbons (Fsp3) is 0.267. The number of aromatic amines is 1. The molecular formula is C15H17N5O. The van der Waals surface area contributed by atoms with Crippen molar-refractivity contribution >= 4 is 11.5 Å². The normalized spacial score (nSPS) is 12.4. The summed E-state index contributed by atoms with van der Waals surface area (Å²) >= 11 is 0. The molecule has 0 saturated heterocycles. The number of hydrogen-bond acceptors (Lipinski definition) is 4. The molecular weight excluding hydrogens is 266 g/mol. The van der Waals surface area contributed by atoms with Crippen molar-refractivity contribution in [3.05, 3.63) is 58.5 Å². The maximum absolute atomic E-state index is 11.5. The molecule has 0 aliphatic carbocycles. The van der Waals surface area contributed by atoms with Crippen LogP contribution in [0.25, 0.3) is 5.65 Å². The highest BCUT2D eigenvalue weighted by atomic mass is 16.2. The van der Waals surface area contributed by atoms with E-state index in [4.69, 9.17) is 0 Å². The molecule has 2 aromatic heterocycles. The van der Waals surface area contributed by atoms with E-state index in [9.17, 15) is 4.79 Å². The Morgan fingerprint density at radius 3 is 2.86 bits per heavy atom. The van der Waals surface area contributed by atoms with E-state index in [-0.39, 0.29) is 5.69 Å². The van der Waals surface area contributed by atoms with Crippen LogP contribution >= 0.6 is 0 Å². The Hall–Kier alpha value is -2.63. The Morgan fingerprint density at radius 2 is 2.05 bits per heavy atom. The zero-order valence-corrected chi connectivity index (χ0v) is 11.8. The Kier molecular flexibility index (Phi) is 3.68. The highest BCUT2D eigenvalue weighted by molar-refractivity contribution is 5.42. The van der Waals surface area contributed by atoms with Crippen LogP contribution in [0.1, 0.15) is 24.8 Å². The van der Waals surface area contributed by atoms with Crippen molar-refractivity contribution in [2.24, 2.45) is 0 Å². The summed E-state index contributed by atoms with van der Waals surface area (Å²) < 4.78 is 1.25. The molecule has 0 saturated carbocycles. The number of H-pyrrole nitrogens is 1. The minimum Gasteiger partial charge on any atom is -0.369 e. The van der Waals surface area contributed by atoms with Gasteiger partial charge in [-0.2, -0.15) is 9.61 Å². The summed E-state index contributed by atoms with van der Waals surface area (Å²) in [5.74, 6) is 1.14. The van der Waals surface area contributed by atoms with Gasteiger partial charge < -0.3 is 5.32 Å². The highest BCUT2D eigenvalue weighted by Crippen LogP contribution is 2.18. The molecule has 1 atom stereocenters. The van der Waals surface area contributed by atoms with Crippen molar-refractivity contribution < 1.29 is 0 Å². The standard InChI is InChI=1S/C15H17N5O/c1-11(12-5-3-2-4-6-12)9-10-16-13-7-8-14-17-18-15(21)20(14)19-13/h2-8,11H,9-10H2,1H3,(H,16,19)(H,18,21). The predicted molar refractivity (Wildman–Crippen MR) is 81.6 cm³/mol. The van der Waals surface area contributed by atoms with E-state index in [2.05, 4.69) is 51.8 Å². The minimum absolute atomic E-state index is 0.327. The van der Waals surface area contributed by atoms with Gasteiger partial charge in [0.15, 0.2) is 5.65 Å². The van der Waals surface area contributed by atoms with Crippen LogP contribution in [-0.2, 0) is 0 Å². The molecule has 2 heterocycles. The molecule has 6 nitrogen and oxygen atoms in total. The van der Waals surface area contributed by atoms with Crippen LogP contribution in [0, 0.1) is 0 Å². The van der Waals surface area contributed by atoms with E-state index >= 15 is 0 Å². The first kappa shape index (κ1) is 13.4. The summed E-state index contributed by atoms with van der Waals surface area (Å²) in [7, 11) is 0. The van der Waals surface area contributed by atoms with Crippen LogP contribution in [0.4, 0.5) is 5.82 Å². The Bertz CT molecular complexity index is 777. The molecule has 3 aromatic rings. The Balaban J connectivity index is 1.61. The Morgan fingerprint density at radius 1 is 1.24 bits per heavy atom. The lowest BCUT2D eigenvalue weighted by molar-refractivity contribution is 0.703. The van der Waals surface area contributed by atoms with E-state index in [1.807, 2.05) is 12.1 Å². The maximum Gasteiger partial charge on any atom is 0.364 e. The van der Waals surface area contributed by atoms with Crippen molar-refractivity contribution in [3.8, 4) is 0 Å². The van der Waals surface area contributed by atoms with E-state index in [1.54, 1.807) is 6.07 Å². The average Bonchev–Trinajstić information content (AvgIpc) is 2.89. The summed E-state index contributed by atoms with van der Waals surface area (Å²) in [6.07, 6.45) is 0.990. The number of nitrogens with zero attached hydrogens (tertiary/aromatic N) is 3. The third-order valence-electron chi connectivity index (χ3n) is 3.53. The number of anilines is 1. The van der Waals surface area contributed by atoms with Crippen LogP contribution in [-0.4, -0.2) is 26.4 Å². The second-order valence-electron chi connectivity index (χ2n) is 5.04. The molecule has 0 aliphatic heterocycles. The molecule has 21 heavy (non-hydrogen) atoms. The number of nitrogens with one attached hydrogen (secondary N) is 2. The zero-order chi connectivity index (χ0) is 14.7. The van der Waals surface area contributed by atoms with Gasteiger partial charge in [-0.15, -0.1) is 5.10 Å². The van der Waals surface area contributed by atoms with Gasteiger partial charge in [-0.05, 0) is 30.0 Å². The first-order valence-corrected chi connectivity index (χ1v) is 6.97. The molecule has 6 heteroatoms. The van der Waals surface area contributed by atoms with Crippen molar-refractivity contribution in [3.63, 3.8) is 0 Å². The molecule has 2 N–H and O–H groups in total.